The van der Waals surface area contributed by atoms with Crippen LogP contribution in [-0.2, 0) is 0 Å². The fourth-order valence-electron chi connectivity index (χ4n) is 1.19. The van der Waals surface area contributed by atoms with Crippen molar-refractivity contribution in [2.75, 3.05) is 0 Å². The third kappa shape index (κ3) is 5.30. The van der Waals surface area contributed by atoms with Crippen molar-refractivity contribution in [3.63, 3.8) is 0 Å². The Bertz CT molecular complexity index is 133. The number of aliphatic hydroxyl groups excluding tert-OH is 1. The minimum Gasteiger partial charge on any atom is -0.393 e. The zero-order chi connectivity index (χ0) is 10.6. The lowest BCUT2D eigenvalue weighted by atomic mass is 9.78. The van der Waals surface area contributed by atoms with Gasteiger partial charge in [-0.25, -0.2) is 0 Å². The molecule has 0 amide bonds. The van der Waals surface area contributed by atoms with Crippen LogP contribution >= 0.6 is 0 Å². The van der Waals surface area contributed by atoms with E-state index in [1.54, 1.807) is 0 Å². The lowest BCUT2D eigenvalue weighted by Gasteiger charge is -2.28. The van der Waals surface area contributed by atoms with E-state index >= 15 is 0 Å². The quantitative estimate of drug-likeness (QED) is 0.713. The van der Waals surface area contributed by atoms with Gasteiger partial charge in [0.25, 0.3) is 0 Å². The molecule has 0 aliphatic carbocycles. The molecule has 0 aliphatic heterocycles. The molecule has 1 N–H and O–H groups in total. The van der Waals surface area contributed by atoms with Crippen LogP contribution in [0.25, 0.3) is 0 Å². The van der Waals surface area contributed by atoms with Crippen molar-refractivity contribution in [1.29, 1.82) is 0 Å². The van der Waals surface area contributed by atoms with Crippen LogP contribution in [0.2, 0.25) is 0 Å². The molecule has 1 heteroatoms. The molecule has 0 saturated heterocycles. The molecule has 0 fully saturated rings. The fraction of sp³-hybridized carbons (Fsp3) is 1.00. The summed E-state index contributed by atoms with van der Waals surface area (Å²) in [7, 11) is 0. The van der Waals surface area contributed by atoms with Crippen molar-refractivity contribution in [2.45, 2.75) is 60.5 Å². The highest BCUT2D eigenvalue weighted by Gasteiger charge is 2.21. The SMILES string of the molecule is CC(C)C(O)CCC(C)C(C)(C)C. The van der Waals surface area contributed by atoms with Gasteiger partial charge in [0.1, 0.15) is 0 Å². The van der Waals surface area contributed by atoms with Gasteiger partial charge in [-0.05, 0) is 30.1 Å². The highest BCUT2D eigenvalue weighted by Crippen LogP contribution is 2.29. The molecule has 80 valence electrons. The Kier molecular flexibility index (Phi) is 4.98. The van der Waals surface area contributed by atoms with Gasteiger partial charge in [-0.1, -0.05) is 41.5 Å². The van der Waals surface area contributed by atoms with Crippen molar-refractivity contribution in [3.05, 3.63) is 0 Å². The highest BCUT2D eigenvalue weighted by atomic mass is 16.3. The summed E-state index contributed by atoms with van der Waals surface area (Å²) in [5, 5.41) is 9.64. The molecule has 1 nitrogen and oxygen atoms in total. The summed E-state index contributed by atoms with van der Waals surface area (Å²) in [6.07, 6.45) is 1.95. The largest absolute Gasteiger partial charge is 0.393 e. The molecule has 2 atom stereocenters. The average molecular weight is 186 g/mol. The Morgan fingerprint density at radius 2 is 1.46 bits per heavy atom. The molecule has 0 heterocycles. The van der Waals surface area contributed by atoms with E-state index < -0.39 is 0 Å². The Morgan fingerprint density at radius 1 is 1.00 bits per heavy atom. The van der Waals surface area contributed by atoms with Crippen molar-refractivity contribution in [2.24, 2.45) is 17.3 Å². The Balaban J connectivity index is 3.77. The lowest BCUT2D eigenvalue weighted by molar-refractivity contribution is 0.0988. The highest BCUT2D eigenvalue weighted by molar-refractivity contribution is 4.72. The topological polar surface area (TPSA) is 20.2 Å². The van der Waals surface area contributed by atoms with Crippen molar-refractivity contribution in [3.8, 4) is 0 Å². The Labute approximate surface area is 83.5 Å². The molecule has 0 aromatic heterocycles. The van der Waals surface area contributed by atoms with Gasteiger partial charge in [0.15, 0.2) is 0 Å². The molecule has 0 radical (unpaired) electrons. The maximum absolute atomic E-state index is 9.64. The van der Waals surface area contributed by atoms with Crippen molar-refractivity contribution in [1.82, 2.24) is 0 Å². The monoisotopic (exact) mass is 186 g/mol. The maximum Gasteiger partial charge on any atom is 0.0563 e. The first kappa shape index (κ1) is 13.0. The van der Waals surface area contributed by atoms with E-state index in [0.29, 0.717) is 17.3 Å². The standard InChI is InChI=1S/C12H26O/c1-9(2)11(13)8-7-10(3)12(4,5)6/h9-11,13H,7-8H2,1-6H3. The second-order valence-corrected chi connectivity index (χ2v) is 5.66. The number of hydrogen-bond donors (Lipinski definition) is 1. The maximum atomic E-state index is 9.64. The van der Waals surface area contributed by atoms with Crippen molar-refractivity contribution < 1.29 is 5.11 Å². The minimum atomic E-state index is -0.121. The number of hydrogen-bond acceptors (Lipinski definition) is 1. The van der Waals surface area contributed by atoms with Crippen LogP contribution in [0.1, 0.15) is 54.4 Å². The summed E-state index contributed by atoms with van der Waals surface area (Å²) in [6, 6.07) is 0. The molecule has 13 heavy (non-hydrogen) atoms. The van der Waals surface area contributed by atoms with Gasteiger partial charge in [0.05, 0.1) is 6.10 Å². The predicted octanol–water partition coefficient (Wildman–Crippen LogP) is 3.47. The average Bonchev–Trinajstić information content (AvgIpc) is 1.97. The van der Waals surface area contributed by atoms with Crippen LogP contribution in [0.4, 0.5) is 0 Å². The molecule has 0 aromatic rings. The molecule has 2 unspecified atom stereocenters. The van der Waals surface area contributed by atoms with Crippen molar-refractivity contribution >= 4 is 0 Å². The lowest BCUT2D eigenvalue weighted by Crippen LogP contribution is -2.21. The first-order valence-electron chi connectivity index (χ1n) is 5.43. The minimum absolute atomic E-state index is 0.121. The first-order valence-corrected chi connectivity index (χ1v) is 5.43. The van der Waals surface area contributed by atoms with E-state index in [9.17, 15) is 5.11 Å². The van der Waals surface area contributed by atoms with Crippen LogP contribution in [0.5, 0.6) is 0 Å². The third-order valence-electron chi connectivity index (χ3n) is 3.14. The molecule has 0 aliphatic rings. The molecular formula is C12H26O. The van der Waals surface area contributed by atoms with Gasteiger partial charge < -0.3 is 5.11 Å². The summed E-state index contributed by atoms with van der Waals surface area (Å²) in [5.41, 5.74) is 0.372. The summed E-state index contributed by atoms with van der Waals surface area (Å²) in [6.45, 7) is 13.2. The first-order chi connectivity index (χ1) is 5.75. The normalized spacial score (nSPS) is 17.5. The fourth-order valence-corrected chi connectivity index (χ4v) is 1.19. The summed E-state index contributed by atoms with van der Waals surface area (Å²) in [4.78, 5) is 0. The van der Waals surface area contributed by atoms with E-state index in [1.807, 2.05) is 0 Å². The Morgan fingerprint density at radius 3 is 1.77 bits per heavy atom. The molecule has 0 saturated carbocycles. The second kappa shape index (κ2) is 4.99. The third-order valence-corrected chi connectivity index (χ3v) is 3.14. The molecule has 0 spiro atoms. The van der Waals surface area contributed by atoms with Gasteiger partial charge >= 0.3 is 0 Å². The Hall–Kier alpha value is -0.0400. The molecular weight excluding hydrogens is 160 g/mol. The van der Waals surface area contributed by atoms with E-state index in [0.717, 1.165) is 12.8 Å². The van der Waals surface area contributed by atoms with Gasteiger partial charge in [-0.15, -0.1) is 0 Å². The zero-order valence-corrected chi connectivity index (χ0v) is 10.1. The van der Waals surface area contributed by atoms with Gasteiger partial charge in [-0.3, -0.25) is 0 Å². The van der Waals surface area contributed by atoms with Gasteiger partial charge in [0, 0.05) is 0 Å². The van der Waals surface area contributed by atoms with Gasteiger partial charge in [0.2, 0.25) is 0 Å². The summed E-state index contributed by atoms with van der Waals surface area (Å²) in [5.74, 6) is 1.08. The molecule has 0 aromatic carbocycles. The molecule has 0 bridgehead atoms. The van der Waals surface area contributed by atoms with Crippen LogP contribution in [0.15, 0.2) is 0 Å². The predicted molar refractivity (Wildman–Crippen MR) is 58.7 cm³/mol. The van der Waals surface area contributed by atoms with Crippen LogP contribution in [0, 0.1) is 17.3 Å². The van der Waals surface area contributed by atoms with E-state index in [-0.39, 0.29) is 6.10 Å². The van der Waals surface area contributed by atoms with E-state index in [4.69, 9.17) is 0 Å². The van der Waals surface area contributed by atoms with Crippen LogP contribution in [-0.4, -0.2) is 11.2 Å². The summed E-state index contributed by atoms with van der Waals surface area (Å²) >= 11 is 0. The summed E-state index contributed by atoms with van der Waals surface area (Å²) < 4.78 is 0. The second-order valence-electron chi connectivity index (χ2n) is 5.66. The number of rotatable bonds is 4. The van der Waals surface area contributed by atoms with E-state index in [2.05, 4.69) is 41.5 Å². The number of aliphatic hydroxyl groups is 1. The van der Waals surface area contributed by atoms with Crippen LogP contribution in [0.3, 0.4) is 0 Å². The smallest absolute Gasteiger partial charge is 0.0563 e. The molecule has 0 rings (SSSR count). The van der Waals surface area contributed by atoms with E-state index in [1.165, 1.54) is 0 Å². The zero-order valence-electron chi connectivity index (χ0n) is 10.1. The van der Waals surface area contributed by atoms with Crippen LogP contribution < -0.4 is 0 Å². The van der Waals surface area contributed by atoms with Gasteiger partial charge in [-0.2, -0.15) is 0 Å².